The van der Waals surface area contributed by atoms with Crippen molar-refractivity contribution < 1.29 is 27.8 Å². The molecule has 3 nitrogen and oxygen atoms in total. The highest BCUT2D eigenvalue weighted by atomic mass is 19.4. The number of aliphatic hydroxyl groups is 1. The summed E-state index contributed by atoms with van der Waals surface area (Å²) in [6.45, 7) is 0.952. The SMILES string of the molecule is COc1ccc2c(c1)C(O)C(OC(C)C(F)(F)F)CC2. The van der Waals surface area contributed by atoms with Gasteiger partial charge < -0.3 is 14.6 Å². The Morgan fingerprint density at radius 1 is 1.35 bits per heavy atom. The van der Waals surface area contributed by atoms with Gasteiger partial charge in [-0.2, -0.15) is 13.2 Å². The maximum Gasteiger partial charge on any atom is 0.414 e. The van der Waals surface area contributed by atoms with Gasteiger partial charge in [-0.05, 0) is 43.0 Å². The van der Waals surface area contributed by atoms with Crippen molar-refractivity contribution in [2.45, 2.75) is 44.3 Å². The molecule has 3 unspecified atom stereocenters. The van der Waals surface area contributed by atoms with Crippen molar-refractivity contribution in [1.29, 1.82) is 0 Å². The fourth-order valence-electron chi connectivity index (χ4n) is 2.34. The summed E-state index contributed by atoms with van der Waals surface area (Å²) in [7, 11) is 1.50. The number of methoxy groups -OCH3 is 1. The Morgan fingerprint density at radius 2 is 2.05 bits per heavy atom. The maximum absolute atomic E-state index is 12.5. The second kappa shape index (κ2) is 5.61. The van der Waals surface area contributed by atoms with E-state index in [4.69, 9.17) is 9.47 Å². The summed E-state index contributed by atoms with van der Waals surface area (Å²) < 4.78 is 47.6. The Bertz CT molecular complexity index is 473. The molecule has 6 heteroatoms. The van der Waals surface area contributed by atoms with Gasteiger partial charge in [0.1, 0.15) is 11.9 Å². The van der Waals surface area contributed by atoms with Gasteiger partial charge in [0.25, 0.3) is 0 Å². The van der Waals surface area contributed by atoms with E-state index in [2.05, 4.69) is 0 Å². The molecule has 0 fully saturated rings. The molecule has 0 aliphatic heterocycles. The lowest BCUT2D eigenvalue weighted by Gasteiger charge is -2.32. The van der Waals surface area contributed by atoms with Crippen molar-refractivity contribution >= 4 is 0 Å². The first-order valence-corrected chi connectivity index (χ1v) is 6.40. The molecule has 0 spiro atoms. The lowest BCUT2D eigenvalue weighted by atomic mass is 9.87. The zero-order valence-corrected chi connectivity index (χ0v) is 11.3. The van der Waals surface area contributed by atoms with Crippen LogP contribution in [0.3, 0.4) is 0 Å². The summed E-state index contributed by atoms with van der Waals surface area (Å²) in [4.78, 5) is 0. The average Bonchev–Trinajstić information content (AvgIpc) is 2.40. The number of benzene rings is 1. The molecule has 0 radical (unpaired) electrons. The number of aliphatic hydroxyl groups excluding tert-OH is 1. The third kappa shape index (κ3) is 3.07. The molecule has 2 rings (SSSR count). The molecule has 0 bridgehead atoms. The van der Waals surface area contributed by atoms with Crippen LogP contribution in [-0.4, -0.2) is 30.6 Å². The van der Waals surface area contributed by atoms with Gasteiger partial charge in [0.15, 0.2) is 6.10 Å². The number of aryl methyl sites for hydroxylation is 1. The summed E-state index contributed by atoms with van der Waals surface area (Å²) in [6, 6.07) is 5.24. The highest BCUT2D eigenvalue weighted by Gasteiger charge is 2.40. The van der Waals surface area contributed by atoms with Crippen molar-refractivity contribution in [3.63, 3.8) is 0 Å². The summed E-state index contributed by atoms with van der Waals surface area (Å²) in [6.07, 6.45) is -7.31. The van der Waals surface area contributed by atoms with E-state index in [0.717, 1.165) is 12.5 Å². The van der Waals surface area contributed by atoms with Gasteiger partial charge in [-0.3, -0.25) is 0 Å². The first-order chi connectivity index (χ1) is 9.32. The third-order valence-corrected chi connectivity index (χ3v) is 3.56. The number of hydrogen-bond donors (Lipinski definition) is 1. The Morgan fingerprint density at radius 3 is 2.65 bits per heavy atom. The smallest absolute Gasteiger partial charge is 0.414 e. The molecule has 112 valence electrons. The lowest BCUT2D eigenvalue weighted by molar-refractivity contribution is -0.237. The molecule has 0 saturated carbocycles. The van der Waals surface area contributed by atoms with Crippen LogP contribution in [0.25, 0.3) is 0 Å². The van der Waals surface area contributed by atoms with E-state index in [1.165, 1.54) is 7.11 Å². The molecule has 0 aromatic heterocycles. The second-order valence-corrected chi connectivity index (χ2v) is 4.91. The topological polar surface area (TPSA) is 38.7 Å². The molecule has 0 amide bonds. The molecule has 0 saturated heterocycles. The molecule has 1 N–H and O–H groups in total. The van der Waals surface area contributed by atoms with E-state index in [1.54, 1.807) is 12.1 Å². The number of ether oxygens (including phenoxy) is 2. The highest BCUT2D eigenvalue weighted by molar-refractivity contribution is 5.39. The number of alkyl halides is 3. The summed E-state index contributed by atoms with van der Waals surface area (Å²) in [5.74, 6) is 0.562. The Hall–Kier alpha value is -1.27. The quantitative estimate of drug-likeness (QED) is 0.930. The summed E-state index contributed by atoms with van der Waals surface area (Å²) in [5.41, 5.74) is 1.49. The van der Waals surface area contributed by atoms with Crippen LogP contribution < -0.4 is 4.74 Å². The predicted molar refractivity (Wildman–Crippen MR) is 66.7 cm³/mol. The molecule has 20 heavy (non-hydrogen) atoms. The molecular weight excluding hydrogens is 273 g/mol. The Balaban J connectivity index is 2.16. The number of fused-ring (bicyclic) bond motifs is 1. The minimum atomic E-state index is -4.42. The average molecular weight is 290 g/mol. The summed E-state index contributed by atoms with van der Waals surface area (Å²) in [5, 5.41) is 10.2. The van der Waals surface area contributed by atoms with Crippen molar-refractivity contribution in [2.75, 3.05) is 7.11 Å². The van der Waals surface area contributed by atoms with Gasteiger partial charge in [-0.1, -0.05) is 6.07 Å². The zero-order chi connectivity index (χ0) is 14.9. The lowest BCUT2D eigenvalue weighted by Crippen LogP contribution is -2.37. The van der Waals surface area contributed by atoms with Crippen LogP contribution in [0.2, 0.25) is 0 Å². The molecule has 3 atom stereocenters. The maximum atomic E-state index is 12.5. The third-order valence-electron chi connectivity index (χ3n) is 3.56. The van der Waals surface area contributed by atoms with E-state index in [1.807, 2.05) is 6.07 Å². The fraction of sp³-hybridized carbons (Fsp3) is 0.571. The van der Waals surface area contributed by atoms with Crippen LogP contribution in [0, 0.1) is 0 Å². The van der Waals surface area contributed by atoms with Crippen molar-refractivity contribution in [3.8, 4) is 5.75 Å². The van der Waals surface area contributed by atoms with E-state index >= 15 is 0 Å². The van der Waals surface area contributed by atoms with Gasteiger partial charge in [0.05, 0.1) is 13.2 Å². The largest absolute Gasteiger partial charge is 0.497 e. The van der Waals surface area contributed by atoms with Crippen molar-refractivity contribution in [2.24, 2.45) is 0 Å². The van der Waals surface area contributed by atoms with Crippen LogP contribution in [-0.2, 0) is 11.2 Å². The van der Waals surface area contributed by atoms with E-state index in [-0.39, 0.29) is 0 Å². The first-order valence-electron chi connectivity index (χ1n) is 6.40. The van der Waals surface area contributed by atoms with Crippen LogP contribution in [0.5, 0.6) is 5.75 Å². The fourth-order valence-corrected chi connectivity index (χ4v) is 2.34. The van der Waals surface area contributed by atoms with Gasteiger partial charge in [0, 0.05) is 0 Å². The van der Waals surface area contributed by atoms with E-state index in [0.29, 0.717) is 24.2 Å². The molecule has 1 aliphatic carbocycles. The normalized spacial score (nSPS) is 24.1. The number of hydrogen-bond acceptors (Lipinski definition) is 3. The van der Waals surface area contributed by atoms with Gasteiger partial charge >= 0.3 is 6.18 Å². The van der Waals surface area contributed by atoms with Crippen LogP contribution >= 0.6 is 0 Å². The standard InChI is InChI=1S/C14H17F3O3/c1-8(14(15,16)17)20-12-6-4-9-3-5-10(19-2)7-11(9)13(12)18/h3,5,7-8,12-13,18H,4,6H2,1-2H3. The Labute approximate surface area is 115 Å². The first kappa shape index (κ1) is 15.1. The number of rotatable bonds is 3. The molecule has 0 heterocycles. The molecule has 1 aromatic rings. The number of halogens is 3. The van der Waals surface area contributed by atoms with Crippen LogP contribution in [0.4, 0.5) is 13.2 Å². The van der Waals surface area contributed by atoms with Crippen LogP contribution in [0.15, 0.2) is 18.2 Å². The minimum Gasteiger partial charge on any atom is -0.497 e. The zero-order valence-electron chi connectivity index (χ0n) is 11.3. The van der Waals surface area contributed by atoms with Crippen molar-refractivity contribution in [3.05, 3.63) is 29.3 Å². The molecule has 1 aliphatic rings. The predicted octanol–water partition coefficient (Wildman–Crippen LogP) is 3.01. The van der Waals surface area contributed by atoms with E-state index < -0.39 is 24.5 Å². The van der Waals surface area contributed by atoms with Gasteiger partial charge in [-0.25, -0.2) is 0 Å². The summed E-state index contributed by atoms with van der Waals surface area (Å²) >= 11 is 0. The monoisotopic (exact) mass is 290 g/mol. The highest BCUT2D eigenvalue weighted by Crippen LogP contribution is 2.36. The van der Waals surface area contributed by atoms with Gasteiger partial charge in [0.2, 0.25) is 0 Å². The van der Waals surface area contributed by atoms with Crippen molar-refractivity contribution in [1.82, 2.24) is 0 Å². The molecule has 1 aromatic carbocycles. The van der Waals surface area contributed by atoms with Gasteiger partial charge in [-0.15, -0.1) is 0 Å². The second-order valence-electron chi connectivity index (χ2n) is 4.91. The minimum absolute atomic E-state index is 0.362. The van der Waals surface area contributed by atoms with E-state index in [9.17, 15) is 18.3 Å². The van der Waals surface area contributed by atoms with Crippen LogP contribution in [0.1, 0.15) is 30.6 Å². The molecular formula is C14H17F3O3. The Kier molecular flexibility index (Phi) is 4.25.